The SMILES string of the molecule is Cc1cccnc1CC(C)c1ccc(F)cc1Cl. The normalized spacial score (nSPS) is 12.4. The molecule has 0 bridgehead atoms. The van der Waals surface area contributed by atoms with Crippen molar-refractivity contribution in [1.82, 2.24) is 4.98 Å². The molecule has 18 heavy (non-hydrogen) atoms. The Balaban J connectivity index is 2.22. The highest BCUT2D eigenvalue weighted by Crippen LogP contribution is 2.28. The van der Waals surface area contributed by atoms with Gasteiger partial charge in [0.2, 0.25) is 0 Å². The summed E-state index contributed by atoms with van der Waals surface area (Å²) in [6, 6.07) is 8.53. The molecule has 0 aliphatic heterocycles. The summed E-state index contributed by atoms with van der Waals surface area (Å²) >= 11 is 6.07. The summed E-state index contributed by atoms with van der Waals surface area (Å²) in [4.78, 5) is 4.37. The van der Waals surface area contributed by atoms with Gasteiger partial charge in [0.25, 0.3) is 0 Å². The molecule has 1 aromatic carbocycles. The van der Waals surface area contributed by atoms with E-state index in [2.05, 4.69) is 11.9 Å². The molecular weight excluding hydrogens is 249 g/mol. The molecule has 0 saturated heterocycles. The zero-order valence-electron chi connectivity index (χ0n) is 10.5. The summed E-state index contributed by atoms with van der Waals surface area (Å²) in [6.07, 6.45) is 2.60. The number of hydrogen-bond donors (Lipinski definition) is 0. The summed E-state index contributed by atoms with van der Waals surface area (Å²) in [7, 11) is 0. The average molecular weight is 264 g/mol. The zero-order chi connectivity index (χ0) is 13.1. The predicted octanol–water partition coefficient (Wildman–Crippen LogP) is 4.53. The van der Waals surface area contributed by atoms with Gasteiger partial charge in [-0.05, 0) is 48.6 Å². The highest BCUT2D eigenvalue weighted by molar-refractivity contribution is 6.31. The second-order valence-corrected chi connectivity index (χ2v) is 4.95. The number of aryl methyl sites for hydroxylation is 1. The number of hydrogen-bond acceptors (Lipinski definition) is 1. The van der Waals surface area contributed by atoms with Gasteiger partial charge >= 0.3 is 0 Å². The van der Waals surface area contributed by atoms with E-state index in [0.29, 0.717) is 5.02 Å². The summed E-state index contributed by atoms with van der Waals surface area (Å²) in [5.41, 5.74) is 3.19. The van der Waals surface area contributed by atoms with Gasteiger partial charge in [-0.1, -0.05) is 30.7 Å². The van der Waals surface area contributed by atoms with Crippen molar-refractivity contribution >= 4 is 11.6 Å². The van der Waals surface area contributed by atoms with Crippen LogP contribution in [0.15, 0.2) is 36.5 Å². The van der Waals surface area contributed by atoms with Crippen LogP contribution in [0.2, 0.25) is 5.02 Å². The monoisotopic (exact) mass is 263 g/mol. The van der Waals surface area contributed by atoms with Crippen molar-refractivity contribution in [3.05, 3.63) is 64.2 Å². The van der Waals surface area contributed by atoms with Crippen LogP contribution in [0.1, 0.15) is 29.7 Å². The first kappa shape index (κ1) is 13.0. The summed E-state index contributed by atoms with van der Waals surface area (Å²) < 4.78 is 13.0. The van der Waals surface area contributed by atoms with E-state index < -0.39 is 0 Å². The van der Waals surface area contributed by atoms with Crippen LogP contribution in [0, 0.1) is 12.7 Å². The standard InChI is InChI=1S/C15H15ClFN/c1-10-4-3-7-18-15(10)8-11(2)13-6-5-12(17)9-14(13)16/h3-7,9,11H,8H2,1-2H3. The molecule has 0 N–H and O–H groups in total. The Hall–Kier alpha value is -1.41. The van der Waals surface area contributed by atoms with E-state index in [1.807, 2.05) is 19.1 Å². The predicted molar refractivity (Wildman–Crippen MR) is 72.5 cm³/mol. The molecule has 0 aliphatic carbocycles. The van der Waals surface area contributed by atoms with Crippen LogP contribution in [0.5, 0.6) is 0 Å². The van der Waals surface area contributed by atoms with Crippen LogP contribution in [0.25, 0.3) is 0 Å². The minimum Gasteiger partial charge on any atom is -0.261 e. The molecule has 2 aromatic rings. The Morgan fingerprint density at radius 2 is 2.11 bits per heavy atom. The molecule has 2 rings (SSSR count). The molecule has 0 spiro atoms. The second-order valence-electron chi connectivity index (χ2n) is 4.54. The third-order valence-electron chi connectivity index (χ3n) is 3.11. The van der Waals surface area contributed by atoms with Gasteiger partial charge in [0.15, 0.2) is 0 Å². The lowest BCUT2D eigenvalue weighted by atomic mass is 9.94. The van der Waals surface area contributed by atoms with Gasteiger partial charge in [-0.25, -0.2) is 4.39 Å². The van der Waals surface area contributed by atoms with Crippen molar-refractivity contribution in [3.8, 4) is 0 Å². The van der Waals surface area contributed by atoms with E-state index in [0.717, 1.165) is 17.7 Å². The van der Waals surface area contributed by atoms with Crippen LogP contribution in [0.4, 0.5) is 4.39 Å². The Kier molecular flexibility index (Phi) is 3.97. The Morgan fingerprint density at radius 1 is 1.33 bits per heavy atom. The van der Waals surface area contributed by atoms with Crippen molar-refractivity contribution < 1.29 is 4.39 Å². The fourth-order valence-electron chi connectivity index (χ4n) is 2.03. The fourth-order valence-corrected chi connectivity index (χ4v) is 2.39. The zero-order valence-corrected chi connectivity index (χ0v) is 11.2. The maximum atomic E-state index is 13.0. The van der Waals surface area contributed by atoms with Crippen LogP contribution in [-0.2, 0) is 6.42 Å². The number of pyridine rings is 1. The number of benzene rings is 1. The number of halogens is 2. The molecule has 0 aliphatic rings. The quantitative estimate of drug-likeness (QED) is 0.793. The first-order valence-corrected chi connectivity index (χ1v) is 6.31. The molecule has 1 nitrogen and oxygen atoms in total. The molecule has 0 saturated carbocycles. The highest BCUT2D eigenvalue weighted by atomic mass is 35.5. The van der Waals surface area contributed by atoms with Gasteiger partial charge in [0.05, 0.1) is 0 Å². The summed E-state index contributed by atoms with van der Waals surface area (Å²) in [5, 5.41) is 0.482. The molecular formula is C15H15ClFN. The molecule has 1 atom stereocenters. The molecule has 1 heterocycles. The third-order valence-corrected chi connectivity index (χ3v) is 3.44. The summed E-state index contributed by atoms with van der Waals surface area (Å²) in [5.74, 6) is -0.0864. The second kappa shape index (κ2) is 5.49. The average Bonchev–Trinajstić information content (AvgIpc) is 2.32. The van der Waals surface area contributed by atoms with Crippen molar-refractivity contribution in [2.75, 3.05) is 0 Å². The van der Waals surface area contributed by atoms with Gasteiger partial charge in [-0.15, -0.1) is 0 Å². The van der Waals surface area contributed by atoms with Gasteiger partial charge in [0, 0.05) is 16.9 Å². The van der Waals surface area contributed by atoms with Crippen molar-refractivity contribution in [3.63, 3.8) is 0 Å². The van der Waals surface area contributed by atoms with Crippen LogP contribution in [-0.4, -0.2) is 4.98 Å². The fraction of sp³-hybridized carbons (Fsp3) is 0.267. The van der Waals surface area contributed by atoms with Gasteiger partial charge in [0.1, 0.15) is 5.82 Å². The first-order valence-electron chi connectivity index (χ1n) is 5.93. The van der Waals surface area contributed by atoms with E-state index in [1.165, 1.54) is 17.7 Å². The lowest BCUT2D eigenvalue weighted by molar-refractivity contribution is 0.625. The minimum atomic E-state index is -0.301. The van der Waals surface area contributed by atoms with E-state index in [1.54, 1.807) is 12.3 Å². The molecule has 3 heteroatoms. The smallest absolute Gasteiger partial charge is 0.124 e. The Labute approximate surface area is 112 Å². The molecule has 0 radical (unpaired) electrons. The largest absolute Gasteiger partial charge is 0.261 e. The molecule has 94 valence electrons. The lowest BCUT2D eigenvalue weighted by Crippen LogP contribution is -2.03. The Bertz CT molecular complexity index is 554. The van der Waals surface area contributed by atoms with Gasteiger partial charge in [-0.3, -0.25) is 4.98 Å². The van der Waals surface area contributed by atoms with Gasteiger partial charge in [-0.2, -0.15) is 0 Å². The number of rotatable bonds is 3. The van der Waals surface area contributed by atoms with Crippen LogP contribution >= 0.6 is 11.6 Å². The maximum absolute atomic E-state index is 13.0. The van der Waals surface area contributed by atoms with Gasteiger partial charge < -0.3 is 0 Å². The van der Waals surface area contributed by atoms with Crippen LogP contribution in [0.3, 0.4) is 0 Å². The molecule has 0 amide bonds. The number of nitrogens with zero attached hydrogens (tertiary/aromatic N) is 1. The van der Waals surface area contributed by atoms with Crippen molar-refractivity contribution in [2.45, 2.75) is 26.2 Å². The van der Waals surface area contributed by atoms with Crippen LogP contribution < -0.4 is 0 Å². The third kappa shape index (κ3) is 2.88. The van der Waals surface area contributed by atoms with Crippen molar-refractivity contribution in [2.24, 2.45) is 0 Å². The molecule has 0 fully saturated rings. The lowest BCUT2D eigenvalue weighted by Gasteiger charge is -2.14. The Morgan fingerprint density at radius 3 is 2.78 bits per heavy atom. The van der Waals surface area contributed by atoms with E-state index in [9.17, 15) is 4.39 Å². The highest BCUT2D eigenvalue weighted by Gasteiger charge is 2.12. The van der Waals surface area contributed by atoms with E-state index in [4.69, 9.17) is 11.6 Å². The van der Waals surface area contributed by atoms with Crippen molar-refractivity contribution in [1.29, 1.82) is 0 Å². The topological polar surface area (TPSA) is 12.9 Å². The number of aromatic nitrogens is 1. The molecule has 1 unspecified atom stereocenters. The maximum Gasteiger partial charge on any atom is 0.124 e. The minimum absolute atomic E-state index is 0.215. The summed E-state index contributed by atoms with van der Waals surface area (Å²) in [6.45, 7) is 4.12. The van der Waals surface area contributed by atoms with E-state index in [-0.39, 0.29) is 11.7 Å². The first-order chi connectivity index (χ1) is 8.58. The van der Waals surface area contributed by atoms with E-state index >= 15 is 0 Å². The molecule has 1 aromatic heterocycles.